The van der Waals surface area contributed by atoms with Gasteiger partial charge in [0.1, 0.15) is 0 Å². The molecule has 0 aliphatic heterocycles. The molecule has 0 aromatic rings. The maximum Gasteiger partial charge on any atom is 0.310 e. The molecule has 0 unspecified atom stereocenters. The Hall–Kier alpha value is -0.530. The standard InChI is InChI=1S/C10H14O2/c11-9(12)10-6-2-1-3-7(10)8(10)5-4-6/h6-8H,1-5H2,(H,11,12)/t6-,7-,8+,10-/m1/s1. The zero-order valence-electron chi connectivity index (χ0n) is 7.12. The van der Waals surface area contributed by atoms with Crippen LogP contribution >= 0.6 is 0 Å². The van der Waals surface area contributed by atoms with Gasteiger partial charge in [-0.15, -0.1) is 0 Å². The van der Waals surface area contributed by atoms with Crippen LogP contribution in [0.2, 0.25) is 0 Å². The van der Waals surface area contributed by atoms with Gasteiger partial charge >= 0.3 is 5.97 Å². The van der Waals surface area contributed by atoms with E-state index in [2.05, 4.69) is 0 Å². The molecule has 0 amide bonds. The highest BCUT2D eigenvalue weighted by molar-refractivity contribution is 5.81. The molecule has 0 saturated heterocycles. The maximum absolute atomic E-state index is 11.2. The third-order valence-corrected chi connectivity index (χ3v) is 4.54. The van der Waals surface area contributed by atoms with E-state index in [-0.39, 0.29) is 5.41 Å². The van der Waals surface area contributed by atoms with E-state index < -0.39 is 5.97 Å². The van der Waals surface area contributed by atoms with Gasteiger partial charge in [0, 0.05) is 0 Å². The number of hydrogen-bond acceptors (Lipinski definition) is 1. The van der Waals surface area contributed by atoms with Gasteiger partial charge in [-0.25, -0.2) is 0 Å². The molecule has 3 aliphatic rings. The second-order valence-corrected chi connectivity index (χ2v) is 4.66. The molecule has 66 valence electrons. The molecule has 0 aromatic heterocycles. The fraction of sp³-hybridized carbons (Fsp3) is 0.900. The second-order valence-electron chi connectivity index (χ2n) is 4.66. The number of carboxylic acid groups (broad SMARTS) is 1. The van der Waals surface area contributed by atoms with Crippen LogP contribution in [-0.2, 0) is 4.79 Å². The van der Waals surface area contributed by atoms with Gasteiger partial charge in [-0.2, -0.15) is 0 Å². The van der Waals surface area contributed by atoms with Crippen LogP contribution in [0.25, 0.3) is 0 Å². The SMILES string of the molecule is O=C(O)[C@]12[C@@H]3CCC[C@@H]1[C@@H]2CC3. The minimum atomic E-state index is -0.486. The van der Waals surface area contributed by atoms with Crippen molar-refractivity contribution in [2.24, 2.45) is 23.2 Å². The first-order valence-electron chi connectivity index (χ1n) is 5.01. The number of carboxylic acids is 1. The van der Waals surface area contributed by atoms with Crippen LogP contribution in [0.1, 0.15) is 32.1 Å². The van der Waals surface area contributed by atoms with Gasteiger partial charge in [0.05, 0.1) is 5.41 Å². The molecule has 3 saturated carbocycles. The van der Waals surface area contributed by atoms with Gasteiger partial charge in [-0.05, 0) is 43.4 Å². The van der Waals surface area contributed by atoms with Crippen LogP contribution in [0.15, 0.2) is 0 Å². The summed E-state index contributed by atoms with van der Waals surface area (Å²) >= 11 is 0. The summed E-state index contributed by atoms with van der Waals surface area (Å²) in [5, 5.41) is 9.22. The Kier molecular flexibility index (Phi) is 1.07. The number of fused-ring (bicyclic) bond motifs is 1. The predicted molar refractivity (Wildman–Crippen MR) is 43.6 cm³/mol. The van der Waals surface area contributed by atoms with Gasteiger partial charge in [0.15, 0.2) is 0 Å². The van der Waals surface area contributed by atoms with E-state index in [1.54, 1.807) is 0 Å². The maximum atomic E-state index is 11.2. The van der Waals surface area contributed by atoms with Crippen LogP contribution in [0.5, 0.6) is 0 Å². The Balaban J connectivity index is 2.01. The van der Waals surface area contributed by atoms with E-state index in [0.717, 1.165) is 0 Å². The molecule has 3 fully saturated rings. The Morgan fingerprint density at radius 1 is 1.17 bits per heavy atom. The normalized spacial score (nSPS) is 54.8. The van der Waals surface area contributed by atoms with Crippen molar-refractivity contribution in [1.29, 1.82) is 0 Å². The van der Waals surface area contributed by atoms with Gasteiger partial charge in [0.2, 0.25) is 0 Å². The van der Waals surface area contributed by atoms with E-state index in [0.29, 0.717) is 17.8 Å². The summed E-state index contributed by atoms with van der Waals surface area (Å²) in [5.41, 5.74) is -0.210. The lowest BCUT2D eigenvalue weighted by Crippen LogP contribution is -2.28. The van der Waals surface area contributed by atoms with Crippen molar-refractivity contribution >= 4 is 5.97 Å². The molecule has 0 heterocycles. The molecule has 0 aromatic carbocycles. The average molecular weight is 166 g/mol. The highest BCUT2D eigenvalue weighted by atomic mass is 16.4. The largest absolute Gasteiger partial charge is 0.481 e. The fourth-order valence-electron chi connectivity index (χ4n) is 4.13. The fourth-order valence-corrected chi connectivity index (χ4v) is 4.13. The summed E-state index contributed by atoms with van der Waals surface area (Å²) in [7, 11) is 0. The Bertz CT molecular complexity index is 238. The Morgan fingerprint density at radius 3 is 2.50 bits per heavy atom. The zero-order valence-corrected chi connectivity index (χ0v) is 7.12. The van der Waals surface area contributed by atoms with E-state index in [9.17, 15) is 9.90 Å². The van der Waals surface area contributed by atoms with Crippen molar-refractivity contribution < 1.29 is 9.90 Å². The molecular formula is C10H14O2. The van der Waals surface area contributed by atoms with Crippen LogP contribution in [-0.4, -0.2) is 11.1 Å². The van der Waals surface area contributed by atoms with E-state index in [1.165, 1.54) is 32.1 Å². The summed E-state index contributed by atoms with van der Waals surface area (Å²) in [5.74, 6) is 1.20. The first kappa shape index (κ1) is 6.93. The van der Waals surface area contributed by atoms with Crippen molar-refractivity contribution in [2.45, 2.75) is 32.1 Å². The highest BCUT2D eigenvalue weighted by Crippen LogP contribution is 2.75. The lowest BCUT2D eigenvalue weighted by atomic mass is 9.78. The Morgan fingerprint density at radius 2 is 1.92 bits per heavy atom. The summed E-state index contributed by atoms with van der Waals surface area (Å²) in [6.07, 6.45) is 6.03. The molecule has 0 spiro atoms. The molecule has 2 nitrogen and oxygen atoms in total. The van der Waals surface area contributed by atoms with Crippen molar-refractivity contribution in [2.75, 3.05) is 0 Å². The quantitative estimate of drug-likeness (QED) is 0.646. The lowest BCUT2D eigenvalue weighted by Gasteiger charge is -2.26. The Labute approximate surface area is 72.0 Å². The van der Waals surface area contributed by atoms with Crippen LogP contribution in [0, 0.1) is 23.2 Å². The second kappa shape index (κ2) is 1.86. The predicted octanol–water partition coefficient (Wildman–Crippen LogP) is 1.90. The first-order chi connectivity index (χ1) is 5.78. The van der Waals surface area contributed by atoms with Gasteiger partial charge in [-0.1, -0.05) is 6.42 Å². The van der Waals surface area contributed by atoms with Crippen molar-refractivity contribution in [3.05, 3.63) is 0 Å². The minimum absolute atomic E-state index is 0.210. The number of hydrogen-bond donors (Lipinski definition) is 1. The van der Waals surface area contributed by atoms with Crippen molar-refractivity contribution in [1.82, 2.24) is 0 Å². The highest BCUT2D eigenvalue weighted by Gasteiger charge is 2.76. The van der Waals surface area contributed by atoms with E-state index >= 15 is 0 Å². The van der Waals surface area contributed by atoms with Crippen LogP contribution in [0.3, 0.4) is 0 Å². The summed E-state index contributed by atoms with van der Waals surface area (Å²) in [6, 6.07) is 0. The molecule has 12 heavy (non-hydrogen) atoms. The molecule has 1 N–H and O–H groups in total. The molecule has 0 radical (unpaired) electrons. The van der Waals surface area contributed by atoms with Crippen molar-refractivity contribution in [3.8, 4) is 0 Å². The first-order valence-corrected chi connectivity index (χ1v) is 5.01. The average Bonchev–Trinajstić information content (AvgIpc) is 2.50. The smallest absolute Gasteiger partial charge is 0.310 e. The summed E-state index contributed by atoms with van der Waals surface area (Å²) in [6.45, 7) is 0. The third-order valence-electron chi connectivity index (χ3n) is 4.54. The van der Waals surface area contributed by atoms with Gasteiger partial charge in [0.25, 0.3) is 0 Å². The monoisotopic (exact) mass is 166 g/mol. The zero-order chi connectivity index (χ0) is 8.34. The topological polar surface area (TPSA) is 37.3 Å². The third kappa shape index (κ3) is 0.511. The minimum Gasteiger partial charge on any atom is -0.481 e. The molecule has 3 aliphatic carbocycles. The van der Waals surface area contributed by atoms with E-state index in [4.69, 9.17) is 0 Å². The number of carbonyl (C=O) groups is 1. The van der Waals surface area contributed by atoms with E-state index in [1.807, 2.05) is 0 Å². The molecule has 0 bridgehead atoms. The molecular weight excluding hydrogens is 152 g/mol. The summed E-state index contributed by atoms with van der Waals surface area (Å²) < 4.78 is 0. The van der Waals surface area contributed by atoms with Crippen molar-refractivity contribution in [3.63, 3.8) is 0 Å². The molecule has 4 atom stereocenters. The van der Waals surface area contributed by atoms with Crippen LogP contribution in [0.4, 0.5) is 0 Å². The number of aliphatic carboxylic acids is 1. The number of rotatable bonds is 1. The van der Waals surface area contributed by atoms with Gasteiger partial charge in [-0.3, -0.25) is 4.79 Å². The lowest BCUT2D eigenvalue weighted by molar-refractivity contribution is -0.147. The van der Waals surface area contributed by atoms with Gasteiger partial charge < -0.3 is 5.11 Å². The van der Waals surface area contributed by atoms with Crippen LogP contribution < -0.4 is 0 Å². The molecule has 2 heteroatoms. The summed E-state index contributed by atoms with van der Waals surface area (Å²) in [4.78, 5) is 11.2. The molecule has 3 rings (SSSR count).